The fourth-order valence-electron chi connectivity index (χ4n) is 3.98. The summed E-state index contributed by atoms with van der Waals surface area (Å²) in [6.07, 6.45) is 0.925. The standard InChI is InChI=1S/C25H27NO2/c1-18(27)16-22(20-10-6-4-7-11-20)24-14-15-25(26(24)3)23(17-19(2)28)21-12-8-5-9-13-21/h4-15,22-23H,16-17H2,1-3H3. The van der Waals surface area contributed by atoms with Crippen molar-refractivity contribution in [3.8, 4) is 0 Å². The van der Waals surface area contributed by atoms with E-state index in [2.05, 4.69) is 41.0 Å². The Bertz CT molecular complexity index is 864. The molecule has 3 rings (SSSR count). The van der Waals surface area contributed by atoms with Crippen molar-refractivity contribution >= 4 is 11.6 Å². The zero-order valence-electron chi connectivity index (χ0n) is 16.8. The first-order valence-corrected chi connectivity index (χ1v) is 9.71. The molecule has 3 aromatic rings. The molecular formula is C25H27NO2. The summed E-state index contributed by atoms with van der Waals surface area (Å²) >= 11 is 0. The van der Waals surface area contributed by atoms with E-state index in [0.29, 0.717) is 12.8 Å². The second kappa shape index (κ2) is 8.83. The number of nitrogens with zero attached hydrogens (tertiary/aromatic N) is 1. The first kappa shape index (κ1) is 19.8. The second-order valence-electron chi connectivity index (χ2n) is 7.48. The lowest BCUT2D eigenvalue weighted by atomic mass is 9.90. The highest BCUT2D eigenvalue weighted by molar-refractivity contribution is 5.77. The summed E-state index contributed by atoms with van der Waals surface area (Å²) in [4.78, 5) is 23.9. The molecule has 28 heavy (non-hydrogen) atoms. The fourth-order valence-corrected chi connectivity index (χ4v) is 3.98. The third kappa shape index (κ3) is 4.48. The number of carbonyl (C=O) groups excluding carboxylic acids is 2. The van der Waals surface area contributed by atoms with E-state index in [0.717, 1.165) is 22.5 Å². The van der Waals surface area contributed by atoms with Crippen LogP contribution in [0.1, 0.15) is 61.0 Å². The van der Waals surface area contributed by atoms with Crippen molar-refractivity contribution in [3.63, 3.8) is 0 Å². The van der Waals surface area contributed by atoms with Gasteiger partial charge in [0.05, 0.1) is 0 Å². The summed E-state index contributed by atoms with van der Waals surface area (Å²) in [6, 6.07) is 24.5. The van der Waals surface area contributed by atoms with Crippen LogP contribution in [0.5, 0.6) is 0 Å². The van der Waals surface area contributed by atoms with Gasteiger partial charge in [0.15, 0.2) is 0 Å². The van der Waals surface area contributed by atoms with Gasteiger partial charge in [-0.25, -0.2) is 0 Å². The fraction of sp³-hybridized carbons (Fsp3) is 0.280. The maximum atomic E-state index is 12.0. The summed E-state index contributed by atoms with van der Waals surface area (Å²) < 4.78 is 2.17. The smallest absolute Gasteiger partial charge is 0.130 e. The van der Waals surface area contributed by atoms with E-state index in [1.54, 1.807) is 13.8 Å². The molecule has 2 aromatic carbocycles. The van der Waals surface area contributed by atoms with E-state index in [1.807, 2.05) is 43.4 Å². The number of rotatable bonds is 8. The van der Waals surface area contributed by atoms with Crippen LogP contribution in [0.4, 0.5) is 0 Å². The molecule has 0 aliphatic heterocycles. The van der Waals surface area contributed by atoms with Crippen LogP contribution < -0.4 is 0 Å². The van der Waals surface area contributed by atoms with Gasteiger partial charge in [-0.05, 0) is 37.1 Å². The van der Waals surface area contributed by atoms with Crippen molar-refractivity contribution in [1.82, 2.24) is 4.57 Å². The minimum absolute atomic E-state index is 0.00574. The highest BCUT2D eigenvalue weighted by Gasteiger charge is 2.24. The van der Waals surface area contributed by atoms with Gasteiger partial charge in [-0.3, -0.25) is 9.59 Å². The molecule has 1 aromatic heterocycles. The van der Waals surface area contributed by atoms with E-state index in [4.69, 9.17) is 0 Å². The Balaban J connectivity index is 2.05. The topological polar surface area (TPSA) is 39.1 Å². The monoisotopic (exact) mass is 373 g/mol. The Labute approximate surface area is 167 Å². The van der Waals surface area contributed by atoms with Crippen LogP contribution in [0.25, 0.3) is 0 Å². The van der Waals surface area contributed by atoms with Crippen LogP contribution in [0.3, 0.4) is 0 Å². The van der Waals surface area contributed by atoms with Crippen LogP contribution in [0.15, 0.2) is 72.8 Å². The molecule has 2 atom stereocenters. The molecule has 144 valence electrons. The van der Waals surface area contributed by atoms with E-state index in [9.17, 15) is 9.59 Å². The largest absolute Gasteiger partial charge is 0.350 e. The number of benzene rings is 2. The van der Waals surface area contributed by atoms with Crippen molar-refractivity contribution in [2.75, 3.05) is 0 Å². The average molecular weight is 373 g/mol. The molecule has 3 nitrogen and oxygen atoms in total. The third-order valence-corrected chi connectivity index (χ3v) is 5.30. The molecular weight excluding hydrogens is 346 g/mol. The Morgan fingerprint density at radius 3 is 1.36 bits per heavy atom. The first-order chi connectivity index (χ1) is 13.5. The van der Waals surface area contributed by atoms with Crippen LogP contribution in [0, 0.1) is 0 Å². The number of Topliss-reactive ketones (excluding diaryl/α,β-unsaturated/α-hetero) is 2. The normalized spacial score (nSPS) is 13.1. The van der Waals surface area contributed by atoms with Crippen LogP contribution in [-0.4, -0.2) is 16.1 Å². The molecule has 0 saturated carbocycles. The molecule has 0 radical (unpaired) electrons. The molecule has 0 aliphatic rings. The SMILES string of the molecule is CC(=O)CC(c1ccccc1)c1ccc(C(CC(C)=O)c2ccccc2)n1C. The van der Waals surface area contributed by atoms with Gasteiger partial charge in [0, 0.05) is 43.1 Å². The van der Waals surface area contributed by atoms with Crippen LogP contribution in [-0.2, 0) is 16.6 Å². The molecule has 0 N–H and O–H groups in total. The number of aromatic nitrogens is 1. The maximum absolute atomic E-state index is 12.0. The third-order valence-electron chi connectivity index (χ3n) is 5.30. The molecule has 3 heteroatoms. The molecule has 2 unspecified atom stereocenters. The molecule has 1 heterocycles. The lowest BCUT2D eigenvalue weighted by Crippen LogP contribution is -2.14. The second-order valence-corrected chi connectivity index (χ2v) is 7.48. The highest BCUT2D eigenvalue weighted by Crippen LogP contribution is 2.34. The maximum Gasteiger partial charge on any atom is 0.130 e. The van der Waals surface area contributed by atoms with Crippen LogP contribution >= 0.6 is 0 Å². The summed E-state index contributed by atoms with van der Waals surface area (Å²) in [5.74, 6) is 0.345. The summed E-state index contributed by atoms with van der Waals surface area (Å²) in [5, 5.41) is 0. The van der Waals surface area contributed by atoms with E-state index >= 15 is 0 Å². The predicted octanol–water partition coefficient (Wildman–Crippen LogP) is 5.25. The zero-order valence-corrected chi connectivity index (χ0v) is 16.8. The Morgan fingerprint density at radius 2 is 1.04 bits per heavy atom. The number of ketones is 2. The first-order valence-electron chi connectivity index (χ1n) is 9.71. The Kier molecular flexibility index (Phi) is 6.25. The highest BCUT2D eigenvalue weighted by atomic mass is 16.1. The van der Waals surface area contributed by atoms with Gasteiger partial charge >= 0.3 is 0 Å². The zero-order chi connectivity index (χ0) is 20.1. The minimum atomic E-state index is 0.00574. The Hall–Kier alpha value is -2.94. The number of hydrogen-bond acceptors (Lipinski definition) is 2. The van der Waals surface area contributed by atoms with Crippen molar-refractivity contribution in [3.05, 3.63) is 95.3 Å². The quantitative estimate of drug-likeness (QED) is 0.541. The van der Waals surface area contributed by atoms with Crippen molar-refractivity contribution in [2.24, 2.45) is 7.05 Å². The van der Waals surface area contributed by atoms with Gasteiger partial charge in [-0.2, -0.15) is 0 Å². The molecule has 0 aliphatic carbocycles. The van der Waals surface area contributed by atoms with Gasteiger partial charge < -0.3 is 4.57 Å². The molecule has 0 fully saturated rings. The summed E-state index contributed by atoms with van der Waals surface area (Å²) in [7, 11) is 2.04. The summed E-state index contributed by atoms with van der Waals surface area (Å²) in [6.45, 7) is 3.28. The molecule has 0 saturated heterocycles. The number of hydrogen-bond donors (Lipinski definition) is 0. The van der Waals surface area contributed by atoms with E-state index in [-0.39, 0.29) is 23.4 Å². The lowest BCUT2D eigenvalue weighted by Gasteiger charge is -2.22. The Morgan fingerprint density at radius 1 is 0.679 bits per heavy atom. The van der Waals surface area contributed by atoms with Gasteiger partial charge in [0.2, 0.25) is 0 Å². The number of carbonyl (C=O) groups is 2. The van der Waals surface area contributed by atoms with E-state index in [1.165, 1.54) is 0 Å². The van der Waals surface area contributed by atoms with Gasteiger partial charge in [-0.1, -0.05) is 60.7 Å². The van der Waals surface area contributed by atoms with Crippen LogP contribution in [0.2, 0.25) is 0 Å². The molecule has 0 spiro atoms. The van der Waals surface area contributed by atoms with Crippen molar-refractivity contribution in [1.29, 1.82) is 0 Å². The van der Waals surface area contributed by atoms with Gasteiger partial charge in [0.25, 0.3) is 0 Å². The van der Waals surface area contributed by atoms with Gasteiger partial charge in [-0.15, -0.1) is 0 Å². The van der Waals surface area contributed by atoms with Crippen molar-refractivity contribution < 1.29 is 9.59 Å². The molecule has 0 bridgehead atoms. The lowest BCUT2D eigenvalue weighted by molar-refractivity contribution is -0.118. The minimum Gasteiger partial charge on any atom is -0.350 e. The average Bonchev–Trinajstić information content (AvgIpc) is 3.06. The predicted molar refractivity (Wildman–Crippen MR) is 113 cm³/mol. The summed E-state index contributed by atoms with van der Waals surface area (Å²) in [5.41, 5.74) is 4.46. The molecule has 0 amide bonds. The van der Waals surface area contributed by atoms with Crippen molar-refractivity contribution in [2.45, 2.75) is 38.5 Å². The van der Waals surface area contributed by atoms with Gasteiger partial charge in [0.1, 0.15) is 11.6 Å². The van der Waals surface area contributed by atoms with E-state index < -0.39 is 0 Å².